The number of rotatable bonds is 19. The average Bonchev–Trinajstić information content (AvgIpc) is 2.56. The minimum absolute atomic E-state index is 0.594. The summed E-state index contributed by atoms with van der Waals surface area (Å²) in [4.78, 5) is 0. The van der Waals surface area contributed by atoms with Crippen LogP contribution >= 0.6 is 0 Å². The molecule has 0 heterocycles. The highest BCUT2D eigenvalue weighted by Crippen LogP contribution is 2.14. The Balaban J connectivity index is 3.21. The average molecular weight is 373 g/mol. The van der Waals surface area contributed by atoms with Crippen molar-refractivity contribution in [3.8, 4) is 0 Å². The van der Waals surface area contributed by atoms with E-state index in [0.717, 1.165) is 13.2 Å². The van der Waals surface area contributed by atoms with Crippen molar-refractivity contribution in [1.82, 2.24) is 0 Å². The highest BCUT2D eigenvalue weighted by Gasteiger charge is 2.24. The number of unbranched alkanes of at least 4 members (excludes halogenated alkanes) is 13. The molecule has 0 aromatic carbocycles. The second kappa shape index (κ2) is 17.5. The van der Waals surface area contributed by atoms with Crippen molar-refractivity contribution < 1.29 is 8.85 Å². The molecule has 152 valence electrons. The van der Waals surface area contributed by atoms with Crippen LogP contribution in [0.5, 0.6) is 0 Å². The van der Waals surface area contributed by atoms with Crippen LogP contribution in [0.3, 0.4) is 0 Å². The monoisotopic (exact) mass is 372 g/mol. The summed E-state index contributed by atoms with van der Waals surface area (Å²) in [6.07, 6.45) is 19.7. The van der Waals surface area contributed by atoms with Crippen LogP contribution in [0.4, 0.5) is 0 Å². The van der Waals surface area contributed by atoms with E-state index in [2.05, 4.69) is 33.9 Å². The van der Waals surface area contributed by atoms with Gasteiger partial charge in [-0.05, 0) is 25.4 Å². The largest absolute Gasteiger partial charge is 0.395 e. The first-order chi connectivity index (χ1) is 12.0. The first-order valence-corrected chi connectivity index (χ1v) is 14.1. The van der Waals surface area contributed by atoms with Crippen molar-refractivity contribution in [2.24, 2.45) is 5.92 Å². The van der Waals surface area contributed by atoms with Gasteiger partial charge in [-0.1, -0.05) is 104 Å². The van der Waals surface area contributed by atoms with Crippen LogP contribution in [0.15, 0.2) is 0 Å². The smallest absolute Gasteiger partial charge is 0.331 e. The van der Waals surface area contributed by atoms with Crippen molar-refractivity contribution in [2.75, 3.05) is 13.2 Å². The van der Waals surface area contributed by atoms with E-state index in [1.807, 2.05) is 0 Å². The van der Waals surface area contributed by atoms with Crippen LogP contribution in [-0.2, 0) is 8.85 Å². The molecule has 0 radical (unpaired) electrons. The van der Waals surface area contributed by atoms with Gasteiger partial charge in [0.2, 0.25) is 0 Å². The topological polar surface area (TPSA) is 18.5 Å². The van der Waals surface area contributed by atoms with Gasteiger partial charge >= 0.3 is 8.56 Å². The fourth-order valence-electron chi connectivity index (χ4n) is 3.02. The maximum atomic E-state index is 6.00. The standard InChI is InChI=1S/C22H48O2Si/c1-6-7-8-9-10-11-12-13-14-15-16-17-18-19-20-23-25(4,5)24-21-22(2)3/h22H,6-21H2,1-5H3. The SMILES string of the molecule is CCCCCCCCCCCCCCCCO[Si](C)(C)OCC(C)C. The van der Waals surface area contributed by atoms with Crippen LogP contribution in [0.25, 0.3) is 0 Å². The predicted molar refractivity (Wildman–Crippen MR) is 115 cm³/mol. The molecule has 0 aliphatic heterocycles. The lowest BCUT2D eigenvalue weighted by molar-refractivity contribution is 0.159. The van der Waals surface area contributed by atoms with Crippen LogP contribution in [0, 0.1) is 5.92 Å². The van der Waals surface area contributed by atoms with E-state index < -0.39 is 8.56 Å². The van der Waals surface area contributed by atoms with Crippen molar-refractivity contribution >= 4 is 8.56 Å². The van der Waals surface area contributed by atoms with E-state index in [0.29, 0.717) is 5.92 Å². The van der Waals surface area contributed by atoms with Crippen molar-refractivity contribution in [1.29, 1.82) is 0 Å². The summed E-state index contributed by atoms with van der Waals surface area (Å²) in [6.45, 7) is 12.7. The molecule has 0 aromatic heterocycles. The van der Waals surface area contributed by atoms with E-state index in [9.17, 15) is 0 Å². The molecule has 0 amide bonds. The molecule has 0 saturated heterocycles. The fraction of sp³-hybridized carbons (Fsp3) is 1.00. The van der Waals surface area contributed by atoms with Gasteiger partial charge in [-0.25, -0.2) is 0 Å². The Labute approximate surface area is 160 Å². The lowest BCUT2D eigenvalue weighted by Gasteiger charge is -2.24. The molecule has 25 heavy (non-hydrogen) atoms. The molecule has 0 aliphatic rings. The molecule has 0 fully saturated rings. The normalized spacial score (nSPS) is 12.2. The maximum Gasteiger partial charge on any atom is 0.331 e. The molecule has 0 saturated carbocycles. The third kappa shape index (κ3) is 20.3. The minimum Gasteiger partial charge on any atom is -0.395 e. The second-order valence-corrected chi connectivity index (χ2v) is 11.9. The minimum atomic E-state index is -1.87. The number of hydrogen-bond donors (Lipinski definition) is 0. The zero-order valence-corrected chi connectivity index (χ0v) is 19.2. The molecule has 0 rings (SSSR count). The highest BCUT2D eigenvalue weighted by atomic mass is 28.4. The first-order valence-electron chi connectivity index (χ1n) is 11.3. The molecular weight excluding hydrogens is 324 g/mol. The predicted octanol–water partition coefficient (Wildman–Crippen LogP) is 7.86. The maximum absolute atomic E-state index is 6.00. The summed E-state index contributed by atoms with van der Waals surface area (Å²) < 4.78 is 11.9. The lowest BCUT2D eigenvalue weighted by atomic mass is 10.0. The lowest BCUT2D eigenvalue weighted by Crippen LogP contribution is -2.36. The molecule has 0 bridgehead atoms. The van der Waals surface area contributed by atoms with Gasteiger partial charge in [0.25, 0.3) is 0 Å². The van der Waals surface area contributed by atoms with Gasteiger partial charge in [-0.15, -0.1) is 0 Å². The molecule has 2 nitrogen and oxygen atoms in total. The Morgan fingerprint density at radius 2 is 1.00 bits per heavy atom. The summed E-state index contributed by atoms with van der Waals surface area (Å²) in [6, 6.07) is 0. The fourth-order valence-corrected chi connectivity index (χ4v) is 4.48. The molecule has 0 atom stereocenters. The highest BCUT2D eigenvalue weighted by molar-refractivity contribution is 6.64. The van der Waals surface area contributed by atoms with Gasteiger partial charge in [0.15, 0.2) is 0 Å². The summed E-state index contributed by atoms with van der Waals surface area (Å²) in [7, 11) is -1.87. The third-order valence-corrected chi connectivity index (χ3v) is 6.47. The zero-order chi connectivity index (χ0) is 18.8. The van der Waals surface area contributed by atoms with Crippen molar-refractivity contribution in [3.05, 3.63) is 0 Å². The van der Waals surface area contributed by atoms with E-state index >= 15 is 0 Å². The Morgan fingerprint density at radius 3 is 1.40 bits per heavy atom. The quantitative estimate of drug-likeness (QED) is 0.170. The molecule has 0 N–H and O–H groups in total. The molecule has 0 aromatic rings. The Bertz CT molecular complexity index is 267. The Morgan fingerprint density at radius 1 is 0.600 bits per heavy atom. The summed E-state index contributed by atoms with van der Waals surface area (Å²) in [5.74, 6) is 0.594. The molecule has 0 unspecified atom stereocenters. The van der Waals surface area contributed by atoms with Crippen LogP contribution in [-0.4, -0.2) is 21.8 Å². The van der Waals surface area contributed by atoms with Gasteiger partial charge in [0.05, 0.1) is 0 Å². The third-order valence-electron chi connectivity index (χ3n) is 4.71. The van der Waals surface area contributed by atoms with Crippen LogP contribution in [0.2, 0.25) is 13.1 Å². The van der Waals surface area contributed by atoms with E-state index in [-0.39, 0.29) is 0 Å². The molecule has 0 spiro atoms. The number of hydrogen-bond acceptors (Lipinski definition) is 2. The molecule has 0 aliphatic carbocycles. The summed E-state index contributed by atoms with van der Waals surface area (Å²) >= 11 is 0. The van der Waals surface area contributed by atoms with E-state index in [1.54, 1.807) is 0 Å². The van der Waals surface area contributed by atoms with Gasteiger partial charge < -0.3 is 8.85 Å². The van der Waals surface area contributed by atoms with Gasteiger partial charge in [0, 0.05) is 13.2 Å². The van der Waals surface area contributed by atoms with Crippen LogP contribution < -0.4 is 0 Å². The second-order valence-electron chi connectivity index (χ2n) is 8.55. The zero-order valence-electron chi connectivity index (χ0n) is 18.2. The van der Waals surface area contributed by atoms with Crippen LogP contribution in [0.1, 0.15) is 111 Å². The first kappa shape index (κ1) is 25.1. The van der Waals surface area contributed by atoms with Gasteiger partial charge in [0.1, 0.15) is 0 Å². The molecule has 3 heteroatoms. The van der Waals surface area contributed by atoms with E-state index in [1.165, 1.54) is 89.9 Å². The van der Waals surface area contributed by atoms with Crippen molar-refractivity contribution in [2.45, 2.75) is 124 Å². The van der Waals surface area contributed by atoms with Gasteiger partial charge in [-0.3, -0.25) is 0 Å². The Kier molecular flexibility index (Phi) is 17.6. The van der Waals surface area contributed by atoms with Gasteiger partial charge in [-0.2, -0.15) is 0 Å². The molecular formula is C22H48O2Si. The van der Waals surface area contributed by atoms with E-state index in [4.69, 9.17) is 8.85 Å². The van der Waals surface area contributed by atoms with Crippen molar-refractivity contribution in [3.63, 3.8) is 0 Å². The summed E-state index contributed by atoms with van der Waals surface area (Å²) in [5, 5.41) is 0. The summed E-state index contributed by atoms with van der Waals surface area (Å²) in [5.41, 5.74) is 0. The Hall–Kier alpha value is 0.137.